The van der Waals surface area contributed by atoms with Crippen molar-refractivity contribution >= 4 is 24.0 Å². The fourth-order valence-corrected chi connectivity index (χ4v) is 2.79. The molecule has 4 nitrogen and oxygen atoms in total. The lowest BCUT2D eigenvalue weighted by atomic mass is 10.0. The highest BCUT2D eigenvalue weighted by Crippen LogP contribution is 2.31. The van der Waals surface area contributed by atoms with Gasteiger partial charge in [-0.05, 0) is 60.7 Å². The first-order valence-corrected chi connectivity index (χ1v) is 7.92. The number of hydrogen-bond acceptors (Lipinski definition) is 3. The van der Waals surface area contributed by atoms with Gasteiger partial charge in [0.15, 0.2) is 6.10 Å². The molecule has 1 heterocycles. The summed E-state index contributed by atoms with van der Waals surface area (Å²) in [6.07, 6.45) is 1.01. The maximum atomic E-state index is 12.3. The Balaban J connectivity index is 0.00000208. The van der Waals surface area contributed by atoms with E-state index in [0.29, 0.717) is 13.0 Å². The average molecular weight is 347 g/mol. The second kappa shape index (κ2) is 7.58. The zero-order valence-corrected chi connectivity index (χ0v) is 14.8. The predicted octanol–water partition coefficient (Wildman–Crippen LogP) is 2.97. The third-order valence-corrected chi connectivity index (χ3v) is 4.34. The zero-order chi connectivity index (χ0) is 16.4. The number of carbonyl (C=O) groups is 1. The van der Waals surface area contributed by atoms with Gasteiger partial charge in [-0.1, -0.05) is 18.2 Å². The molecule has 0 radical (unpaired) electrons. The summed E-state index contributed by atoms with van der Waals surface area (Å²) in [5.41, 5.74) is 11.1. The molecule has 3 N–H and O–H groups in total. The molecule has 24 heavy (non-hydrogen) atoms. The molecule has 0 bridgehead atoms. The number of hydrogen-bond donors (Lipinski definition) is 2. The van der Waals surface area contributed by atoms with Gasteiger partial charge >= 0.3 is 0 Å². The minimum absolute atomic E-state index is 0. The van der Waals surface area contributed by atoms with E-state index < -0.39 is 6.10 Å². The summed E-state index contributed by atoms with van der Waals surface area (Å²) in [5, 5.41) is 2.96. The molecule has 1 amide bonds. The molecule has 0 aliphatic carbocycles. The van der Waals surface area contributed by atoms with Crippen molar-refractivity contribution < 1.29 is 9.53 Å². The third-order valence-electron chi connectivity index (χ3n) is 4.34. The van der Waals surface area contributed by atoms with Crippen LogP contribution in [0.3, 0.4) is 0 Å². The van der Waals surface area contributed by atoms with Crippen LogP contribution >= 0.6 is 12.4 Å². The fraction of sp³-hybridized carbons (Fsp3) is 0.316. The Bertz CT molecular complexity index is 698. The number of carbonyl (C=O) groups excluding carboxylic acids is 1. The minimum Gasteiger partial charge on any atom is -0.480 e. The number of halogens is 1. The van der Waals surface area contributed by atoms with E-state index in [-0.39, 0.29) is 18.3 Å². The maximum Gasteiger partial charge on any atom is 0.261 e. The average Bonchev–Trinajstić information content (AvgIpc) is 2.92. The highest BCUT2D eigenvalue weighted by Gasteiger charge is 2.29. The van der Waals surface area contributed by atoms with Crippen LogP contribution in [0, 0.1) is 13.8 Å². The second-order valence-electron chi connectivity index (χ2n) is 6.14. The van der Waals surface area contributed by atoms with E-state index in [0.717, 1.165) is 29.0 Å². The number of amides is 1. The van der Waals surface area contributed by atoms with E-state index in [1.807, 2.05) is 30.3 Å². The number of anilines is 1. The Labute approximate surface area is 148 Å². The highest BCUT2D eigenvalue weighted by molar-refractivity contribution is 5.85. The minimum atomic E-state index is -0.419. The molecule has 2 aromatic carbocycles. The van der Waals surface area contributed by atoms with Crippen molar-refractivity contribution in [2.24, 2.45) is 0 Å². The van der Waals surface area contributed by atoms with Crippen LogP contribution in [0.2, 0.25) is 0 Å². The summed E-state index contributed by atoms with van der Waals surface area (Å²) in [7, 11) is 0. The lowest BCUT2D eigenvalue weighted by Crippen LogP contribution is -2.38. The Morgan fingerprint density at radius 2 is 1.88 bits per heavy atom. The zero-order valence-electron chi connectivity index (χ0n) is 14.0. The first-order chi connectivity index (χ1) is 11.0. The molecule has 0 fully saturated rings. The van der Waals surface area contributed by atoms with Crippen LogP contribution in [0.1, 0.15) is 22.3 Å². The van der Waals surface area contributed by atoms with Gasteiger partial charge in [-0.2, -0.15) is 0 Å². The Kier molecular flexibility index (Phi) is 5.73. The van der Waals surface area contributed by atoms with E-state index in [1.165, 1.54) is 11.1 Å². The van der Waals surface area contributed by atoms with Crippen molar-refractivity contribution in [3.05, 3.63) is 58.7 Å². The maximum absolute atomic E-state index is 12.3. The third kappa shape index (κ3) is 4.01. The molecule has 5 heteroatoms. The summed E-state index contributed by atoms with van der Waals surface area (Å²) in [5.74, 6) is 0.790. The molecule has 1 unspecified atom stereocenters. The summed E-state index contributed by atoms with van der Waals surface area (Å²) in [6, 6.07) is 11.8. The Morgan fingerprint density at radius 1 is 1.21 bits per heavy atom. The summed E-state index contributed by atoms with van der Waals surface area (Å²) >= 11 is 0. The number of benzene rings is 2. The standard InChI is InChI=1S/C19H22N2O2.ClH/c1-12-9-15-11-18(23-17(15)10-13(12)2)19(22)21-8-7-14-3-5-16(20)6-4-14;/h3-6,9-10,18H,7-8,11,20H2,1-2H3,(H,21,22);1H. The molecule has 1 aliphatic rings. The van der Waals surface area contributed by atoms with Crippen LogP contribution < -0.4 is 15.8 Å². The molecule has 128 valence electrons. The molecule has 0 spiro atoms. The fourth-order valence-electron chi connectivity index (χ4n) is 2.79. The van der Waals surface area contributed by atoms with Gasteiger partial charge in [-0.3, -0.25) is 4.79 Å². The van der Waals surface area contributed by atoms with Crippen molar-refractivity contribution in [1.29, 1.82) is 0 Å². The van der Waals surface area contributed by atoms with E-state index in [1.54, 1.807) is 0 Å². The topological polar surface area (TPSA) is 64.3 Å². The largest absolute Gasteiger partial charge is 0.480 e. The number of fused-ring (bicyclic) bond motifs is 1. The summed E-state index contributed by atoms with van der Waals surface area (Å²) in [4.78, 5) is 12.3. The number of nitrogens with two attached hydrogens (primary N) is 1. The van der Waals surface area contributed by atoms with Crippen molar-refractivity contribution in [2.45, 2.75) is 32.8 Å². The summed E-state index contributed by atoms with van der Waals surface area (Å²) < 4.78 is 5.79. The molecule has 1 atom stereocenters. The van der Waals surface area contributed by atoms with Crippen LogP contribution in [-0.2, 0) is 17.6 Å². The highest BCUT2D eigenvalue weighted by atomic mass is 35.5. The molecule has 0 saturated carbocycles. The van der Waals surface area contributed by atoms with Crippen molar-refractivity contribution in [2.75, 3.05) is 12.3 Å². The molecule has 0 aromatic heterocycles. The van der Waals surface area contributed by atoms with E-state index in [4.69, 9.17) is 10.5 Å². The first-order valence-electron chi connectivity index (χ1n) is 7.92. The van der Waals surface area contributed by atoms with Crippen LogP contribution in [0.25, 0.3) is 0 Å². The van der Waals surface area contributed by atoms with Crippen molar-refractivity contribution in [1.82, 2.24) is 5.32 Å². The normalized spacial score (nSPS) is 15.2. The van der Waals surface area contributed by atoms with E-state index in [9.17, 15) is 4.79 Å². The van der Waals surface area contributed by atoms with Crippen LogP contribution in [-0.4, -0.2) is 18.6 Å². The lowest BCUT2D eigenvalue weighted by molar-refractivity contribution is -0.127. The number of aryl methyl sites for hydroxylation is 2. The van der Waals surface area contributed by atoms with Crippen LogP contribution in [0.5, 0.6) is 5.75 Å². The first kappa shape index (κ1) is 18.1. The Hall–Kier alpha value is -2.20. The van der Waals surface area contributed by atoms with Gasteiger partial charge in [-0.25, -0.2) is 0 Å². The Morgan fingerprint density at radius 3 is 2.58 bits per heavy atom. The van der Waals surface area contributed by atoms with Crippen molar-refractivity contribution in [3.63, 3.8) is 0 Å². The van der Waals surface area contributed by atoms with Gasteiger partial charge in [0.2, 0.25) is 0 Å². The molecule has 3 rings (SSSR count). The van der Waals surface area contributed by atoms with Crippen LogP contribution in [0.15, 0.2) is 36.4 Å². The number of rotatable bonds is 4. The monoisotopic (exact) mass is 346 g/mol. The smallest absolute Gasteiger partial charge is 0.261 e. The second-order valence-corrected chi connectivity index (χ2v) is 6.14. The van der Waals surface area contributed by atoms with Gasteiger partial charge in [0.05, 0.1) is 0 Å². The number of ether oxygens (including phenoxy) is 1. The summed E-state index contributed by atoms with van der Waals surface area (Å²) in [6.45, 7) is 4.73. The number of nitrogens with one attached hydrogen (secondary N) is 1. The predicted molar refractivity (Wildman–Crippen MR) is 98.9 cm³/mol. The molecular weight excluding hydrogens is 324 g/mol. The van der Waals surface area contributed by atoms with Crippen LogP contribution in [0.4, 0.5) is 5.69 Å². The molecular formula is C19H23ClN2O2. The SMILES string of the molecule is Cc1cc2c(cc1C)OC(C(=O)NCCc1ccc(N)cc1)C2.Cl. The number of nitrogen functional groups attached to an aromatic ring is 1. The van der Waals surface area contributed by atoms with Crippen molar-refractivity contribution in [3.8, 4) is 5.75 Å². The van der Waals surface area contributed by atoms with E-state index in [2.05, 4.69) is 25.2 Å². The lowest BCUT2D eigenvalue weighted by Gasteiger charge is -2.11. The quantitative estimate of drug-likeness (QED) is 0.836. The molecule has 1 aliphatic heterocycles. The van der Waals surface area contributed by atoms with Gasteiger partial charge in [0, 0.05) is 18.7 Å². The van der Waals surface area contributed by atoms with Gasteiger partial charge in [0.1, 0.15) is 5.75 Å². The van der Waals surface area contributed by atoms with Gasteiger partial charge in [0.25, 0.3) is 5.91 Å². The molecule has 0 saturated heterocycles. The van der Waals surface area contributed by atoms with E-state index >= 15 is 0 Å². The van der Waals surface area contributed by atoms with Gasteiger partial charge < -0.3 is 15.8 Å². The molecule has 2 aromatic rings. The van der Waals surface area contributed by atoms with Gasteiger partial charge in [-0.15, -0.1) is 12.4 Å².